The fourth-order valence-electron chi connectivity index (χ4n) is 0.999. The second kappa shape index (κ2) is 4.72. The molecule has 1 heterocycles. The first-order valence-electron chi connectivity index (χ1n) is 4.67. The van der Waals surface area contributed by atoms with Gasteiger partial charge in [0, 0.05) is 18.1 Å². The molecule has 0 aliphatic rings. The molecule has 1 aromatic heterocycles. The Morgan fingerprint density at radius 2 is 2.23 bits per heavy atom. The molecular formula is C10H18N2S. The number of rotatable bonds is 4. The molecule has 0 atom stereocenters. The lowest BCUT2D eigenvalue weighted by Crippen LogP contribution is -2.20. The van der Waals surface area contributed by atoms with Gasteiger partial charge >= 0.3 is 0 Å². The summed E-state index contributed by atoms with van der Waals surface area (Å²) in [5.41, 5.74) is 0.426. The summed E-state index contributed by atoms with van der Waals surface area (Å²) in [6.07, 6.45) is 3.06. The van der Waals surface area contributed by atoms with Crippen LogP contribution in [0.15, 0.2) is 11.6 Å². The summed E-state index contributed by atoms with van der Waals surface area (Å²) in [6, 6.07) is 0. The van der Waals surface area contributed by atoms with E-state index in [4.69, 9.17) is 0 Å². The van der Waals surface area contributed by atoms with Crippen molar-refractivity contribution in [3.63, 3.8) is 0 Å². The molecular weight excluding hydrogens is 180 g/mol. The highest BCUT2D eigenvalue weighted by Crippen LogP contribution is 2.17. The molecule has 0 aliphatic carbocycles. The van der Waals surface area contributed by atoms with E-state index < -0.39 is 0 Å². The highest BCUT2D eigenvalue weighted by atomic mass is 32.1. The molecule has 0 spiro atoms. The normalized spacial score (nSPS) is 11.9. The Labute approximate surface area is 84.4 Å². The largest absolute Gasteiger partial charge is 0.310 e. The maximum Gasteiger partial charge on any atom is 0.106 e. The number of nitrogens with one attached hydrogen (secondary N) is 1. The highest BCUT2D eigenvalue weighted by molar-refractivity contribution is 7.09. The first-order chi connectivity index (χ1) is 6.08. The molecule has 0 amide bonds. The van der Waals surface area contributed by atoms with Crippen LogP contribution < -0.4 is 5.32 Å². The molecule has 1 aromatic rings. The number of nitrogens with zero attached hydrogens (tertiary/aromatic N) is 1. The van der Waals surface area contributed by atoms with Gasteiger partial charge in [-0.15, -0.1) is 11.3 Å². The standard InChI is InChI=1S/C10H18N2S/c1-10(2,3)4-5-11-8-9-12-6-7-13-9/h6-7,11H,4-5,8H2,1-3H3. The first-order valence-corrected chi connectivity index (χ1v) is 5.55. The van der Waals surface area contributed by atoms with Crippen LogP contribution in [0, 0.1) is 5.41 Å². The molecule has 0 aromatic carbocycles. The second-order valence-electron chi connectivity index (χ2n) is 4.41. The van der Waals surface area contributed by atoms with E-state index in [0.29, 0.717) is 5.41 Å². The second-order valence-corrected chi connectivity index (χ2v) is 5.39. The lowest BCUT2D eigenvalue weighted by Gasteiger charge is -2.17. The molecule has 0 aliphatic heterocycles. The topological polar surface area (TPSA) is 24.9 Å². The Morgan fingerprint density at radius 1 is 1.46 bits per heavy atom. The smallest absolute Gasteiger partial charge is 0.106 e. The first kappa shape index (κ1) is 10.7. The van der Waals surface area contributed by atoms with Crippen molar-refractivity contribution in [3.8, 4) is 0 Å². The van der Waals surface area contributed by atoms with Crippen molar-refractivity contribution in [2.75, 3.05) is 6.54 Å². The SMILES string of the molecule is CC(C)(C)CCNCc1nccs1. The molecule has 0 saturated heterocycles. The summed E-state index contributed by atoms with van der Waals surface area (Å²) in [4.78, 5) is 4.21. The van der Waals surface area contributed by atoms with Crippen LogP contribution in [0.1, 0.15) is 32.2 Å². The molecule has 0 bridgehead atoms. The Kier molecular flexibility index (Phi) is 3.88. The van der Waals surface area contributed by atoms with Crippen LogP contribution in [0.2, 0.25) is 0 Å². The molecule has 1 rings (SSSR count). The number of aromatic nitrogens is 1. The van der Waals surface area contributed by atoms with Gasteiger partial charge in [-0.1, -0.05) is 20.8 Å². The molecule has 0 radical (unpaired) electrons. The molecule has 74 valence electrons. The van der Waals surface area contributed by atoms with Crippen molar-refractivity contribution in [2.45, 2.75) is 33.7 Å². The monoisotopic (exact) mass is 198 g/mol. The van der Waals surface area contributed by atoms with E-state index in [2.05, 4.69) is 31.1 Å². The van der Waals surface area contributed by atoms with Gasteiger partial charge in [0.15, 0.2) is 0 Å². The summed E-state index contributed by atoms with van der Waals surface area (Å²) in [6.45, 7) is 8.77. The van der Waals surface area contributed by atoms with Gasteiger partial charge in [-0.2, -0.15) is 0 Å². The zero-order valence-corrected chi connectivity index (χ0v) is 9.45. The molecule has 0 saturated carbocycles. The number of thiazole rings is 1. The van der Waals surface area contributed by atoms with Crippen molar-refractivity contribution in [1.29, 1.82) is 0 Å². The average Bonchev–Trinajstić information content (AvgIpc) is 2.48. The van der Waals surface area contributed by atoms with Crippen LogP contribution in [0.4, 0.5) is 0 Å². The third kappa shape index (κ3) is 5.01. The van der Waals surface area contributed by atoms with Gasteiger partial charge in [0.1, 0.15) is 5.01 Å². The van der Waals surface area contributed by atoms with E-state index in [1.54, 1.807) is 11.3 Å². The van der Waals surface area contributed by atoms with Gasteiger partial charge in [-0.3, -0.25) is 0 Å². The molecule has 1 N–H and O–H groups in total. The van der Waals surface area contributed by atoms with Crippen molar-refractivity contribution in [3.05, 3.63) is 16.6 Å². The molecule has 2 nitrogen and oxygen atoms in total. The predicted octanol–water partition coefficient (Wildman–Crippen LogP) is 2.67. The molecule has 13 heavy (non-hydrogen) atoms. The minimum atomic E-state index is 0.426. The summed E-state index contributed by atoms with van der Waals surface area (Å²) >= 11 is 1.71. The van der Waals surface area contributed by atoms with Gasteiger partial charge in [-0.25, -0.2) is 4.98 Å². The third-order valence-electron chi connectivity index (χ3n) is 1.81. The van der Waals surface area contributed by atoms with Gasteiger partial charge < -0.3 is 5.32 Å². The van der Waals surface area contributed by atoms with E-state index in [-0.39, 0.29) is 0 Å². The van der Waals surface area contributed by atoms with Crippen molar-refractivity contribution in [1.82, 2.24) is 10.3 Å². The van der Waals surface area contributed by atoms with Crippen LogP contribution >= 0.6 is 11.3 Å². The Balaban J connectivity index is 2.09. The maximum absolute atomic E-state index is 4.21. The highest BCUT2D eigenvalue weighted by Gasteiger charge is 2.08. The Morgan fingerprint density at radius 3 is 2.77 bits per heavy atom. The van der Waals surface area contributed by atoms with Gasteiger partial charge in [0.05, 0.1) is 0 Å². The lowest BCUT2D eigenvalue weighted by molar-refractivity contribution is 0.366. The van der Waals surface area contributed by atoms with Crippen LogP contribution in [0.25, 0.3) is 0 Å². The minimum absolute atomic E-state index is 0.426. The van der Waals surface area contributed by atoms with E-state index in [1.807, 2.05) is 11.6 Å². The maximum atomic E-state index is 4.21. The van der Waals surface area contributed by atoms with Gasteiger partial charge in [0.25, 0.3) is 0 Å². The quantitative estimate of drug-likeness (QED) is 0.752. The van der Waals surface area contributed by atoms with Crippen molar-refractivity contribution in [2.24, 2.45) is 5.41 Å². The van der Waals surface area contributed by atoms with E-state index in [1.165, 1.54) is 11.4 Å². The van der Waals surface area contributed by atoms with Crippen LogP contribution in [-0.4, -0.2) is 11.5 Å². The third-order valence-corrected chi connectivity index (χ3v) is 2.59. The van der Waals surface area contributed by atoms with Gasteiger partial charge in [0.2, 0.25) is 0 Å². The summed E-state index contributed by atoms with van der Waals surface area (Å²) in [7, 11) is 0. The molecule has 0 fully saturated rings. The Bertz CT molecular complexity index is 224. The zero-order chi connectivity index (χ0) is 9.73. The van der Waals surface area contributed by atoms with Crippen molar-refractivity contribution >= 4 is 11.3 Å². The van der Waals surface area contributed by atoms with Gasteiger partial charge in [-0.05, 0) is 18.4 Å². The fraction of sp³-hybridized carbons (Fsp3) is 0.700. The van der Waals surface area contributed by atoms with Crippen LogP contribution in [0.3, 0.4) is 0 Å². The summed E-state index contributed by atoms with van der Waals surface area (Å²) in [5, 5.41) is 6.58. The number of hydrogen-bond acceptors (Lipinski definition) is 3. The van der Waals surface area contributed by atoms with E-state index >= 15 is 0 Å². The summed E-state index contributed by atoms with van der Waals surface area (Å²) < 4.78 is 0. The van der Waals surface area contributed by atoms with E-state index in [9.17, 15) is 0 Å². The molecule has 3 heteroatoms. The number of hydrogen-bond donors (Lipinski definition) is 1. The van der Waals surface area contributed by atoms with E-state index in [0.717, 1.165) is 13.1 Å². The summed E-state index contributed by atoms with van der Waals surface area (Å²) in [5.74, 6) is 0. The fourth-order valence-corrected chi connectivity index (χ4v) is 1.58. The zero-order valence-electron chi connectivity index (χ0n) is 8.63. The predicted molar refractivity (Wildman–Crippen MR) is 57.9 cm³/mol. The minimum Gasteiger partial charge on any atom is -0.310 e. The van der Waals surface area contributed by atoms with Crippen LogP contribution in [-0.2, 0) is 6.54 Å². The van der Waals surface area contributed by atoms with Crippen LogP contribution in [0.5, 0.6) is 0 Å². The van der Waals surface area contributed by atoms with Crippen molar-refractivity contribution < 1.29 is 0 Å². The average molecular weight is 198 g/mol. The lowest BCUT2D eigenvalue weighted by atomic mass is 9.92. The Hall–Kier alpha value is -0.410. The molecule has 0 unspecified atom stereocenters.